The van der Waals surface area contributed by atoms with Gasteiger partial charge in [-0.25, -0.2) is 9.07 Å². The molecule has 1 N–H and O–H groups in total. The summed E-state index contributed by atoms with van der Waals surface area (Å²) in [4.78, 5) is 27.0. The molecule has 0 aliphatic rings. The van der Waals surface area contributed by atoms with Gasteiger partial charge >= 0.3 is 0 Å². The molecule has 3 rings (SSSR count). The fraction of sp³-hybridized carbons (Fsp3) is 0.238. The Kier molecular flexibility index (Phi) is 6.20. The topological polar surface area (TPSA) is 59.3 Å². The number of hydrogen-bond acceptors (Lipinski definition) is 3. The highest BCUT2D eigenvalue weighted by molar-refractivity contribution is 6.31. The van der Waals surface area contributed by atoms with Crippen LogP contribution in [0.2, 0.25) is 5.02 Å². The van der Waals surface area contributed by atoms with E-state index >= 15 is 0 Å². The van der Waals surface area contributed by atoms with Crippen molar-refractivity contribution in [3.63, 3.8) is 0 Å². The third-order valence-corrected chi connectivity index (χ3v) is 5.08. The summed E-state index contributed by atoms with van der Waals surface area (Å²) >= 11 is 6.05. The molecule has 0 aliphatic carbocycles. The number of amides is 1. The molecule has 152 valence electrons. The zero-order chi connectivity index (χ0) is 21.1. The van der Waals surface area contributed by atoms with Crippen LogP contribution >= 0.6 is 11.6 Å². The van der Waals surface area contributed by atoms with Gasteiger partial charge in [-0.2, -0.15) is 0 Å². The molecular formula is C21H22ClFN4O2. The van der Waals surface area contributed by atoms with Crippen LogP contribution in [-0.4, -0.2) is 33.8 Å². The van der Waals surface area contributed by atoms with Crippen molar-refractivity contribution in [2.75, 3.05) is 18.9 Å². The van der Waals surface area contributed by atoms with Gasteiger partial charge < -0.3 is 5.32 Å². The van der Waals surface area contributed by atoms with E-state index in [0.717, 1.165) is 0 Å². The lowest BCUT2D eigenvalue weighted by Gasteiger charge is -2.17. The van der Waals surface area contributed by atoms with Gasteiger partial charge in [0, 0.05) is 24.2 Å². The molecule has 8 heteroatoms. The summed E-state index contributed by atoms with van der Waals surface area (Å²) in [7, 11) is 3.44. The van der Waals surface area contributed by atoms with Crippen LogP contribution in [0.1, 0.15) is 11.3 Å². The maximum Gasteiger partial charge on any atom is 0.295 e. The van der Waals surface area contributed by atoms with E-state index in [9.17, 15) is 14.0 Å². The van der Waals surface area contributed by atoms with E-state index in [4.69, 9.17) is 11.6 Å². The first-order chi connectivity index (χ1) is 13.8. The minimum atomic E-state index is -0.422. The van der Waals surface area contributed by atoms with Crippen molar-refractivity contribution in [3.8, 4) is 5.69 Å². The Morgan fingerprint density at radius 2 is 1.86 bits per heavy atom. The van der Waals surface area contributed by atoms with Gasteiger partial charge in [-0.1, -0.05) is 35.9 Å². The molecule has 29 heavy (non-hydrogen) atoms. The number of aromatic nitrogens is 2. The Morgan fingerprint density at radius 1 is 1.17 bits per heavy atom. The highest BCUT2D eigenvalue weighted by Crippen LogP contribution is 2.20. The molecule has 0 unspecified atom stereocenters. The minimum Gasteiger partial charge on any atom is -0.319 e. The Morgan fingerprint density at radius 3 is 2.52 bits per heavy atom. The van der Waals surface area contributed by atoms with Crippen molar-refractivity contribution in [1.82, 2.24) is 14.3 Å². The number of anilines is 1. The second-order valence-electron chi connectivity index (χ2n) is 6.86. The standard InChI is InChI=1S/C21H22ClFN4O2/c1-14-20(21(29)27(26(14)3)15-8-5-4-6-9-15)24-19(28)13-25(2)12-16-17(22)10-7-11-18(16)23/h4-11H,12-13H2,1-3H3,(H,24,28). The van der Waals surface area contributed by atoms with Gasteiger partial charge in [0.2, 0.25) is 5.91 Å². The summed E-state index contributed by atoms with van der Waals surface area (Å²) in [6.45, 7) is 1.91. The lowest BCUT2D eigenvalue weighted by Crippen LogP contribution is -2.32. The molecule has 2 aromatic carbocycles. The Balaban J connectivity index is 1.75. The largest absolute Gasteiger partial charge is 0.319 e. The van der Waals surface area contributed by atoms with E-state index in [0.29, 0.717) is 22.0 Å². The molecule has 0 saturated carbocycles. The average molecular weight is 417 g/mol. The van der Waals surface area contributed by atoms with E-state index in [1.54, 1.807) is 36.7 Å². The minimum absolute atomic E-state index is 0.0240. The molecule has 0 radical (unpaired) electrons. The van der Waals surface area contributed by atoms with E-state index in [1.165, 1.54) is 16.8 Å². The first-order valence-corrected chi connectivity index (χ1v) is 9.42. The quantitative estimate of drug-likeness (QED) is 0.670. The number of nitrogens with zero attached hydrogens (tertiary/aromatic N) is 3. The first kappa shape index (κ1) is 20.8. The van der Waals surface area contributed by atoms with Gasteiger partial charge in [0.1, 0.15) is 11.5 Å². The smallest absolute Gasteiger partial charge is 0.295 e. The fourth-order valence-electron chi connectivity index (χ4n) is 3.15. The molecule has 1 heterocycles. The summed E-state index contributed by atoms with van der Waals surface area (Å²) in [5, 5.41) is 3.00. The second-order valence-corrected chi connectivity index (χ2v) is 7.26. The van der Waals surface area contributed by atoms with Gasteiger partial charge in [0.15, 0.2) is 0 Å². The van der Waals surface area contributed by atoms with E-state index in [2.05, 4.69) is 5.32 Å². The van der Waals surface area contributed by atoms with Gasteiger partial charge in [-0.3, -0.25) is 19.2 Å². The van der Waals surface area contributed by atoms with Gasteiger partial charge in [-0.05, 0) is 38.2 Å². The third-order valence-electron chi connectivity index (χ3n) is 4.72. The van der Waals surface area contributed by atoms with Crippen molar-refractivity contribution in [2.45, 2.75) is 13.5 Å². The molecule has 0 aliphatic heterocycles. The van der Waals surface area contributed by atoms with Crippen molar-refractivity contribution in [2.24, 2.45) is 7.05 Å². The predicted molar refractivity (Wildman–Crippen MR) is 112 cm³/mol. The van der Waals surface area contributed by atoms with Gasteiger partial charge in [0.25, 0.3) is 5.56 Å². The number of para-hydroxylation sites is 1. The zero-order valence-electron chi connectivity index (χ0n) is 16.4. The highest BCUT2D eigenvalue weighted by atomic mass is 35.5. The molecule has 0 atom stereocenters. The highest BCUT2D eigenvalue weighted by Gasteiger charge is 2.19. The molecular weight excluding hydrogens is 395 g/mol. The molecule has 0 saturated heterocycles. The normalized spacial score (nSPS) is 11.1. The van der Waals surface area contributed by atoms with Crippen molar-refractivity contribution >= 4 is 23.2 Å². The lowest BCUT2D eigenvalue weighted by atomic mass is 10.2. The lowest BCUT2D eigenvalue weighted by molar-refractivity contribution is -0.117. The number of benzene rings is 2. The van der Waals surface area contributed by atoms with E-state index < -0.39 is 5.82 Å². The number of halogens is 2. The van der Waals surface area contributed by atoms with Gasteiger partial charge in [0.05, 0.1) is 17.9 Å². The van der Waals surface area contributed by atoms with Crippen LogP contribution in [0.4, 0.5) is 10.1 Å². The van der Waals surface area contributed by atoms with Crippen LogP contribution in [0.15, 0.2) is 53.3 Å². The molecule has 0 bridgehead atoms. The Bertz CT molecular complexity index is 1070. The maximum absolute atomic E-state index is 14.0. The summed E-state index contributed by atoms with van der Waals surface area (Å²) in [6.07, 6.45) is 0. The van der Waals surface area contributed by atoms with Crippen molar-refractivity contribution in [3.05, 3.63) is 81.0 Å². The molecule has 0 spiro atoms. The Hall–Kier alpha value is -2.90. The number of carbonyl (C=O) groups is 1. The van der Waals surface area contributed by atoms with Gasteiger partial charge in [-0.15, -0.1) is 0 Å². The summed E-state index contributed by atoms with van der Waals surface area (Å²) in [6, 6.07) is 13.6. The van der Waals surface area contributed by atoms with E-state index in [-0.39, 0.29) is 30.2 Å². The maximum atomic E-state index is 14.0. The molecule has 1 aromatic heterocycles. The van der Waals surface area contributed by atoms with Crippen LogP contribution in [-0.2, 0) is 18.4 Å². The van der Waals surface area contributed by atoms with Crippen molar-refractivity contribution in [1.29, 1.82) is 0 Å². The average Bonchev–Trinajstić information content (AvgIpc) is 2.89. The molecule has 1 amide bonds. The summed E-state index contributed by atoms with van der Waals surface area (Å²) in [5.74, 6) is -0.791. The Labute approximate surface area is 173 Å². The van der Waals surface area contributed by atoms with E-state index in [1.807, 2.05) is 30.3 Å². The summed E-state index contributed by atoms with van der Waals surface area (Å²) in [5.41, 5.74) is 1.57. The number of likely N-dealkylation sites (N-methyl/N-ethyl adjacent to an activating group) is 1. The molecule has 6 nitrogen and oxygen atoms in total. The van der Waals surface area contributed by atoms with Crippen LogP contribution in [0.5, 0.6) is 0 Å². The van der Waals surface area contributed by atoms with Crippen LogP contribution in [0.3, 0.4) is 0 Å². The third kappa shape index (κ3) is 4.41. The molecule has 0 fully saturated rings. The SMILES string of the molecule is Cc1c(NC(=O)CN(C)Cc2c(F)cccc2Cl)c(=O)n(-c2ccccc2)n1C. The summed E-state index contributed by atoms with van der Waals surface area (Å²) < 4.78 is 17.1. The number of rotatable bonds is 6. The van der Waals surface area contributed by atoms with Crippen molar-refractivity contribution < 1.29 is 9.18 Å². The van der Waals surface area contributed by atoms with Crippen LogP contribution < -0.4 is 10.9 Å². The number of hydrogen-bond donors (Lipinski definition) is 1. The first-order valence-electron chi connectivity index (χ1n) is 9.05. The monoisotopic (exact) mass is 416 g/mol. The predicted octanol–water partition coefficient (Wildman–Crippen LogP) is 3.35. The number of nitrogens with one attached hydrogen (secondary N) is 1. The number of carbonyl (C=O) groups excluding carboxylic acids is 1. The molecule has 3 aromatic rings. The fourth-order valence-corrected chi connectivity index (χ4v) is 3.37. The zero-order valence-corrected chi connectivity index (χ0v) is 17.2. The van der Waals surface area contributed by atoms with Crippen LogP contribution in [0, 0.1) is 12.7 Å². The van der Waals surface area contributed by atoms with Crippen LogP contribution in [0.25, 0.3) is 5.69 Å². The second kappa shape index (κ2) is 8.63.